The van der Waals surface area contributed by atoms with Gasteiger partial charge >= 0.3 is 6.09 Å². The van der Waals surface area contributed by atoms with Crippen LogP contribution in [0.3, 0.4) is 0 Å². The lowest BCUT2D eigenvalue weighted by Gasteiger charge is -2.25. The average Bonchev–Trinajstić information content (AvgIpc) is 2.62. The van der Waals surface area contributed by atoms with Gasteiger partial charge in [-0.3, -0.25) is 15.0 Å². The summed E-state index contributed by atoms with van der Waals surface area (Å²) in [5.41, 5.74) is 4.23. The van der Waals surface area contributed by atoms with Crippen LogP contribution in [0.1, 0.15) is 61.8 Å². The fraction of sp³-hybridized carbons (Fsp3) is 0.762. The predicted octanol–water partition coefficient (Wildman–Crippen LogP) is 1.63. The van der Waals surface area contributed by atoms with Gasteiger partial charge in [0.05, 0.1) is 5.25 Å². The third kappa shape index (κ3) is 11.5. The van der Waals surface area contributed by atoms with Crippen LogP contribution in [0, 0.1) is 11.8 Å². The molecule has 0 spiro atoms. The number of ether oxygens (including phenoxy) is 1. The topological polar surface area (TPSA) is 143 Å². The van der Waals surface area contributed by atoms with E-state index in [0.717, 1.165) is 0 Å². The maximum Gasteiger partial charge on any atom is 0.422 e. The molecule has 11 heteroatoms. The average molecular weight is 477 g/mol. The summed E-state index contributed by atoms with van der Waals surface area (Å²) in [6.07, 6.45) is 1.02. The summed E-state index contributed by atoms with van der Waals surface area (Å²) in [7, 11) is -3.62. The van der Waals surface area contributed by atoms with Gasteiger partial charge in [-0.25, -0.2) is 18.6 Å². The first kappa shape index (κ1) is 29.9. The van der Waals surface area contributed by atoms with Crippen molar-refractivity contribution in [3.8, 4) is 0 Å². The molecular weight excluding hydrogens is 436 g/mol. The second-order valence-electron chi connectivity index (χ2n) is 9.48. The zero-order chi connectivity index (χ0) is 25.3. The Hall–Kier alpha value is -2.14. The number of hydrogen-bond acceptors (Lipinski definition) is 7. The van der Waals surface area contributed by atoms with Gasteiger partial charge in [-0.05, 0) is 46.0 Å². The summed E-state index contributed by atoms with van der Waals surface area (Å²) in [5, 5.41) is 4.12. The van der Waals surface area contributed by atoms with Crippen LogP contribution in [-0.2, 0) is 24.2 Å². The first-order chi connectivity index (χ1) is 14.5. The minimum absolute atomic E-state index is 0.149. The van der Waals surface area contributed by atoms with Gasteiger partial charge in [0, 0.05) is 0 Å². The molecular formula is C21H40N4O6S. The molecule has 0 bridgehead atoms. The zero-order valence-corrected chi connectivity index (χ0v) is 21.3. The van der Waals surface area contributed by atoms with Crippen LogP contribution in [0.2, 0.25) is 0 Å². The highest BCUT2D eigenvalue weighted by atomic mass is 32.2. The standard InChI is InChI=1S/C21H40N4O6S/c1-10-16(11-13(2)3)32(29,30)12-22-18(26)15(6)23-19(27)17(14(4)5)24-25-20(28)31-21(7,8)9/h10,13-17,24H,1,11-12H2,2-9H3,(H,22,26)(H,23,27)(H,25,28)/t15-,16?,17-/m0/s1. The number of hydrogen-bond donors (Lipinski definition) is 4. The molecule has 0 aliphatic rings. The molecule has 3 atom stereocenters. The van der Waals surface area contributed by atoms with E-state index in [9.17, 15) is 22.8 Å². The van der Waals surface area contributed by atoms with E-state index in [2.05, 4.69) is 28.1 Å². The monoisotopic (exact) mass is 476 g/mol. The highest BCUT2D eigenvalue weighted by Crippen LogP contribution is 2.14. The van der Waals surface area contributed by atoms with Crippen molar-refractivity contribution in [2.45, 2.75) is 84.7 Å². The Morgan fingerprint density at radius 2 is 1.59 bits per heavy atom. The molecule has 0 rings (SSSR count). The minimum Gasteiger partial charge on any atom is -0.443 e. The van der Waals surface area contributed by atoms with Crippen LogP contribution >= 0.6 is 0 Å². The van der Waals surface area contributed by atoms with Gasteiger partial charge in [0.1, 0.15) is 23.6 Å². The Balaban J connectivity index is 4.89. The molecule has 0 aliphatic carbocycles. The second kappa shape index (κ2) is 12.8. The number of sulfone groups is 1. The molecule has 0 fully saturated rings. The summed E-state index contributed by atoms with van der Waals surface area (Å²) < 4.78 is 30.0. The minimum atomic E-state index is -3.62. The van der Waals surface area contributed by atoms with E-state index < -0.39 is 56.6 Å². The van der Waals surface area contributed by atoms with Crippen molar-refractivity contribution in [3.05, 3.63) is 12.7 Å². The van der Waals surface area contributed by atoms with E-state index in [-0.39, 0.29) is 11.8 Å². The maximum absolute atomic E-state index is 12.6. The van der Waals surface area contributed by atoms with Crippen LogP contribution in [-0.4, -0.2) is 55.1 Å². The maximum atomic E-state index is 12.6. The Morgan fingerprint density at radius 3 is 2.03 bits per heavy atom. The molecule has 186 valence electrons. The lowest BCUT2D eigenvalue weighted by Crippen LogP contribution is -2.57. The van der Waals surface area contributed by atoms with Crippen molar-refractivity contribution in [3.63, 3.8) is 0 Å². The molecule has 0 aliphatic heterocycles. The molecule has 0 aromatic carbocycles. The molecule has 4 N–H and O–H groups in total. The molecule has 10 nitrogen and oxygen atoms in total. The quantitative estimate of drug-likeness (QED) is 0.248. The van der Waals surface area contributed by atoms with E-state index in [1.807, 2.05) is 13.8 Å². The highest BCUT2D eigenvalue weighted by Gasteiger charge is 2.28. The molecule has 0 saturated heterocycles. The molecule has 0 heterocycles. The number of hydrazine groups is 1. The van der Waals surface area contributed by atoms with E-state index in [4.69, 9.17) is 4.74 Å². The van der Waals surface area contributed by atoms with Gasteiger partial charge in [-0.1, -0.05) is 33.8 Å². The Labute approximate surface area is 192 Å². The van der Waals surface area contributed by atoms with E-state index in [1.54, 1.807) is 34.6 Å². The van der Waals surface area contributed by atoms with Gasteiger partial charge < -0.3 is 15.4 Å². The predicted molar refractivity (Wildman–Crippen MR) is 124 cm³/mol. The number of carbonyl (C=O) groups excluding carboxylic acids is 3. The van der Waals surface area contributed by atoms with E-state index in [1.165, 1.54) is 13.0 Å². The fourth-order valence-electron chi connectivity index (χ4n) is 2.63. The second-order valence-corrected chi connectivity index (χ2v) is 11.7. The third-order valence-corrected chi connectivity index (χ3v) is 6.16. The molecule has 32 heavy (non-hydrogen) atoms. The van der Waals surface area contributed by atoms with Crippen LogP contribution in [0.25, 0.3) is 0 Å². The summed E-state index contributed by atoms with van der Waals surface area (Å²) in [4.78, 5) is 36.8. The van der Waals surface area contributed by atoms with Gasteiger partial charge in [-0.2, -0.15) is 0 Å². The van der Waals surface area contributed by atoms with Gasteiger partial charge in [0.15, 0.2) is 9.84 Å². The van der Waals surface area contributed by atoms with Gasteiger partial charge in [-0.15, -0.1) is 6.58 Å². The van der Waals surface area contributed by atoms with Crippen LogP contribution in [0.15, 0.2) is 12.7 Å². The largest absolute Gasteiger partial charge is 0.443 e. The van der Waals surface area contributed by atoms with Crippen molar-refractivity contribution >= 4 is 27.7 Å². The molecule has 1 unspecified atom stereocenters. The smallest absolute Gasteiger partial charge is 0.422 e. The zero-order valence-electron chi connectivity index (χ0n) is 20.4. The summed E-state index contributed by atoms with van der Waals surface area (Å²) in [6, 6.07) is -1.84. The first-order valence-electron chi connectivity index (χ1n) is 10.7. The van der Waals surface area contributed by atoms with Crippen LogP contribution in [0.4, 0.5) is 4.79 Å². The lowest BCUT2D eigenvalue weighted by atomic mass is 10.0. The molecule has 3 amide bonds. The highest BCUT2D eigenvalue weighted by molar-refractivity contribution is 7.92. The van der Waals surface area contributed by atoms with E-state index >= 15 is 0 Å². The third-order valence-electron chi connectivity index (χ3n) is 4.31. The summed E-state index contributed by atoms with van der Waals surface area (Å²) >= 11 is 0. The Morgan fingerprint density at radius 1 is 1.03 bits per heavy atom. The van der Waals surface area contributed by atoms with Crippen LogP contribution in [0.5, 0.6) is 0 Å². The Bertz CT molecular complexity index is 759. The molecule has 0 radical (unpaired) electrons. The Kier molecular flexibility index (Phi) is 11.9. The SMILES string of the molecule is C=CC(CC(C)C)S(=O)(=O)CNC(=O)[C@H](C)NC(=O)[C@@H](NNC(=O)OC(C)(C)C)C(C)C. The van der Waals surface area contributed by atoms with Gasteiger partial charge in [0.25, 0.3) is 0 Å². The van der Waals surface area contributed by atoms with Crippen molar-refractivity contribution in [1.29, 1.82) is 0 Å². The summed E-state index contributed by atoms with van der Waals surface area (Å²) in [6.45, 7) is 17.5. The molecule has 0 saturated carbocycles. The van der Waals surface area contributed by atoms with Gasteiger partial charge in [0.2, 0.25) is 11.8 Å². The number of nitrogens with one attached hydrogen (secondary N) is 4. The van der Waals surface area contributed by atoms with Crippen molar-refractivity contribution in [2.24, 2.45) is 11.8 Å². The first-order valence-corrected chi connectivity index (χ1v) is 12.4. The molecule has 0 aromatic heterocycles. The van der Waals surface area contributed by atoms with Crippen molar-refractivity contribution in [2.75, 3.05) is 5.88 Å². The van der Waals surface area contributed by atoms with Crippen molar-refractivity contribution in [1.82, 2.24) is 21.5 Å². The number of amides is 3. The van der Waals surface area contributed by atoms with Crippen molar-refractivity contribution < 1.29 is 27.5 Å². The molecule has 0 aromatic rings. The summed E-state index contributed by atoms with van der Waals surface area (Å²) in [5.74, 6) is -1.81. The number of carbonyl (C=O) groups is 3. The van der Waals surface area contributed by atoms with Crippen LogP contribution < -0.4 is 21.5 Å². The fourth-order valence-corrected chi connectivity index (χ4v) is 4.16. The normalized spacial score (nSPS) is 14.9. The lowest BCUT2D eigenvalue weighted by molar-refractivity contribution is -0.130. The number of rotatable bonds is 12. The van der Waals surface area contributed by atoms with E-state index in [0.29, 0.717) is 6.42 Å².